The van der Waals surface area contributed by atoms with Crippen molar-refractivity contribution >= 4 is 12.1 Å². The highest BCUT2D eigenvalue weighted by atomic mass is 16.5. The molecule has 0 saturated heterocycles. The van der Waals surface area contributed by atoms with Gasteiger partial charge in [-0.05, 0) is 18.9 Å². The number of rotatable bonds is 6. The predicted molar refractivity (Wildman–Crippen MR) is 75.0 cm³/mol. The monoisotopic (exact) mass is 277 g/mol. The topological polar surface area (TPSA) is 64.6 Å². The third-order valence-electron chi connectivity index (χ3n) is 2.52. The van der Waals surface area contributed by atoms with Gasteiger partial charge < -0.3 is 14.8 Å². The number of hydrogen-bond acceptors (Lipinski definition) is 4. The van der Waals surface area contributed by atoms with Crippen molar-refractivity contribution < 1.29 is 19.1 Å². The molecule has 1 amide bonds. The van der Waals surface area contributed by atoms with Gasteiger partial charge in [-0.3, -0.25) is 0 Å². The Balaban J connectivity index is 2.24. The lowest BCUT2D eigenvalue weighted by Gasteiger charge is -2.12. The maximum absolute atomic E-state index is 11.5. The van der Waals surface area contributed by atoms with Crippen LogP contribution in [0.1, 0.15) is 18.9 Å². The second-order valence-corrected chi connectivity index (χ2v) is 4.27. The van der Waals surface area contributed by atoms with Crippen LogP contribution in [-0.4, -0.2) is 25.2 Å². The zero-order chi connectivity index (χ0) is 14.8. The van der Waals surface area contributed by atoms with E-state index in [4.69, 9.17) is 4.74 Å². The summed E-state index contributed by atoms with van der Waals surface area (Å²) in [4.78, 5) is 22.4. The normalized spacial score (nSPS) is 11.9. The van der Waals surface area contributed by atoms with E-state index in [2.05, 4.69) is 10.1 Å². The first kappa shape index (κ1) is 15.8. The second kappa shape index (κ2) is 8.74. The zero-order valence-electron chi connectivity index (χ0n) is 11.7. The van der Waals surface area contributed by atoms with Crippen LogP contribution in [0.5, 0.6) is 0 Å². The van der Waals surface area contributed by atoms with Crippen LogP contribution in [0.4, 0.5) is 4.79 Å². The second-order valence-electron chi connectivity index (χ2n) is 4.27. The summed E-state index contributed by atoms with van der Waals surface area (Å²) in [7, 11) is 1.31. The minimum atomic E-state index is -0.479. The van der Waals surface area contributed by atoms with Crippen molar-refractivity contribution in [3.63, 3.8) is 0 Å². The van der Waals surface area contributed by atoms with Gasteiger partial charge >= 0.3 is 12.1 Å². The molecule has 1 N–H and O–H groups in total. The fourth-order valence-electron chi connectivity index (χ4n) is 1.46. The van der Waals surface area contributed by atoms with Gasteiger partial charge in [0, 0.05) is 12.1 Å². The molecule has 108 valence electrons. The van der Waals surface area contributed by atoms with Gasteiger partial charge in [-0.2, -0.15) is 0 Å². The summed E-state index contributed by atoms with van der Waals surface area (Å²) >= 11 is 0. The highest BCUT2D eigenvalue weighted by molar-refractivity contribution is 5.81. The van der Waals surface area contributed by atoms with Crippen LogP contribution >= 0.6 is 0 Å². The number of alkyl carbamates (subject to hydrolysis) is 1. The van der Waals surface area contributed by atoms with E-state index in [1.165, 1.54) is 13.2 Å². The summed E-state index contributed by atoms with van der Waals surface area (Å²) in [6.07, 6.45) is 3.02. The van der Waals surface area contributed by atoms with E-state index in [0.717, 1.165) is 5.56 Å². The van der Waals surface area contributed by atoms with Crippen LogP contribution in [0.3, 0.4) is 0 Å². The van der Waals surface area contributed by atoms with Gasteiger partial charge in [-0.1, -0.05) is 36.4 Å². The van der Waals surface area contributed by atoms with Crippen molar-refractivity contribution in [2.45, 2.75) is 26.0 Å². The van der Waals surface area contributed by atoms with E-state index in [1.54, 1.807) is 6.08 Å². The fraction of sp³-hybridized carbons (Fsp3) is 0.333. The zero-order valence-corrected chi connectivity index (χ0v) is 11.7. The van der Waals surface area contributed by atoms with Gasteiger partial charge in [0.2, 0.25) is 0 Å². The summed E-state index contributed by atoms with van der Waals surface area (Å²) < 4.78 is 9.54. The van der Waals surface area contributed by atoms with Crippen molar-refractivity contribution in [1.29, 1.82) is 0 Å². The van der Waals surface area contributed by atoms with Gasteiger partial charge in [0.15, 0.2) is 0 Å². The molecule has 0 aliphatic carbocycles. The average Bonchev–Trinajstić information content (AvgIpc) is 2.46. The Labute approximate surface area is 118 Å². The Morgan fingerprint density at radius 3 is 2.65 bits per heavy atom. The molecule has 1 rings (SSSR count). The molecule has 5 nitrogen and oxygen atoms in total. The van der Waals surface area contributed by atoms with Gasteiger partial charge in [-0.25, -0.2) is 9.59 Å². The maximum atomic E-state index is 11.5. The van der Waals surface area contributed by atoms with E-state index < -0.39 is 12.1 Å². The highest BCUT2D eigenvalue weighted by Crippen LogP contribution is 2.01. The van der Waals surface area contributed by atoms with Crippen molar-refractivity contribution in [3.05, 3.63) is 48.0 Å². The van der Waals surface area contributed by atoms with Crippen LogP contribution in [0, 0.1) is 0 Å². The smallest absolute Gasteiger partial charge is 0.407 e. The number of carbonyl (C=O) groups excluding carboxylic acids is 2. The lowest BCUT2D eigenvalue weighted by molar-refractivity contribution is -0.134. The molecule has 1 atom stereocenters. The molecule has 0 aliphatic heterocycles. The van der Waals surface area contributed by atoms with E-state index in [9.17, 15) is 9.59 Å². The van der Waals surface area contributed by atoms with Gasteiger partial charge in [0.25, 0.3) is 0 Å². The lowest BCUT2D eigenvalue weighted by Crippen LogP contribution is -2.32. The maximum Gasteiger partial charge on any atom is 0.407 e. The Morgan fingerprint density at radius 1 is 1.30 bits per heavy atom. The molecule has 0 saturated carbocycles. The first-order chi connectivity index (χ1) is 9.61. The molecule has 1 aromatic carbocycles. The molecule has 0 aliphatic rings. The average molecular weight is 277 g/mol. The van der Waals surface area contributed by atoms with E-state index in [1.807, 2.05) is 37.3 Å². The molecule has 20 heavy (non-hydrogen) atoms. The molecule has 0 bridgehead atoms. The van der Waals surface area contributed by atoms with Crippen molar-refractivity contribution in [2.24, 2.45) is 0 Å². The number of carbonyl (C=O) groups is 2. The third-order valence-corrected chi connectivity index (χ3v) is 2.52. The minimum Gasteiger partial charge on any atom is -0.466 e. The lowest BCUT2D eigenvalue weighted by atomic mass is 10.2. The van der Waals surface area contributed by atoms with Crippen LogP contribution in [0.15, 0.2) is 42.5 Å². The van der Waals surface area contributed by atoms with Crippen molar-refractivity contribution in [3.8, 4) is 0 Å². The molecule has 0 spiro atoms. The standard InChI is InChI=1S/C15H19NO4/c1-12(7-6-10-14(17)19-2)16-15(18)20-11-13-8-4-3-5-9-13/h3-6,8-10,12H,7,11H2,1-2H3,(H,16,18)/b10-6+/t12-/m1/s1. The van der Waals surface area contributed by atoms with Crippen LogP contribution < -0.4 is 5.32 Å². The summed E-state index contributed by atoms with van der Waals surface area (Å²) in [5.74, 6) is -0.413. The number of methoxy groups -OCH3 is 1. The number of benzene rings is 1. The quantitative estimate of drug-likeness (QED) is 0.640. The third kappa shape index (κ3) is 6.58. The summed E-state index contributed by atoms with van der Waals surface area (Å²) in [6.45, 7) is 2.06. The van der Waals surface area contributed by atoms with E-state index >= 15 is 0 Å². The molecule has 0 fully saturated rings. The molecular weight excluding hydrogens is 258 g/mol. The van der Waals surface area contributed by atoms with Crippen molar-refractivity contribution in [1.82, 2.24) is 5.32 Å². The number of hydrogen-bond donors (Lipinski definition) is 1. The molecule has 0 radical (unpaired) electrons. The van der Waals surface area contributed by atoms with E-state index in [-0.39, 0.29) is 12.6 Å². The molecule has 0 heterocycles. The summed E-state index contributed by atoms with van der Waals surface area (Å²) in [6, 6.07) is 9.32. The Kier molecular flexibility index (Phi) is 6.89. The van der Waals surface area contributed by atoms with E-state index in [0.29, 0.717) is 6.42 Å². The molecule has 0 unspecified atom stereocenters. The number of nitrogens with one attached hydrogen (secondary N) is 1. The minimum absolute atomic E-state index is 0.126. The Bertz CT molecular complexity index is 456. The number of amides is 1. The van der Waals surface area contributed by atoms with Gasteiger partial charge in [0.1, 0.15) is 6.61 Å². The van der Waals surface area contributed by atoms with Gasteiger partial charge in [0.05, 0.1) is 7.11 Å². The van der Waals surface area contributed by atoms with Gasteiger partial charge in [-0.15, -0.1) is 0 Å². The van der Waals surface area contributed by atoms with Crippen LogP contribution in [0.25, 0.3) is 0 Å². The molecule has 0 aromatic heterocycles. The van der Waals surface area contributed by atoms with Crippen LogP contribution in [0.2, 0.25) is 0 Å². The summed E-state index contributed by atoms with van der Waals surface area (Å²) in [5, 5.41) is 2.68. The Hall–Kier alpha value is -2.30. The fourth-order valence-corrected chi connectivity index (χ4v) is 1.46. The summed E-state index contributed by atoms with van der Waals surface area (Å²) in [5.41, 5.74) is 0.931. The predicted octanol–water partition coefficient (Wildman–Crippen LogP) is 2.42. The molecule has 5 heteroatoms. The SMILES string of the molecule is COC(=O)/C=C/C[C@@H](C)NC(=O)OCc1ccccc1. The largest absolute Gasteiger partial charge is 0.466 e. The molecule has 1 aromatic rings. The number of ether oxygens (including phenoxy) is 2. The van der Waals surface area contributed by atoms with Crippen LogP contribution in [-0.2, 0) is 20.9 Å². The first-order valence-electron chi connectivity index (χ1n) is 6.33. The Morgan fingerprint density at radius 2 is 2.00 bits per heavy atom. The van der Waals surface area contributed by atoms with Crippen molar-refractivity contribution in [2.75, 3.05) is 7.11 Å². The highest BCUT2D eigenvalue weighted by Gasteiger charge is 2.07. The first-order valence-corrected chi connectivity index (χ1v) is 6.33. The number of esters is 1. The molecular formula is C15H19NO4.